The first-order valence-electron chi connectivity index (χ1n) is 5.72. The fourth-order valence-electron chi connectivity index (χ4n) is 1.87. The third kappa shape index (κ3) is 3.87. The average Bonchev–Trinajstić information content (AvgIpc) is 2.33. The molecular weight excluding hydrogens is 260 g/mol. The second kappa shape index (κ2) is 6.80. The van der Waals surface area contributed by atoms with E-state index in [1.165, 1.54) is 14.0 Å². The van der Waals surface area contributed by atoms with E-state index in [0.29, 0.717) is 0 Å². The summed E-state index contributed by atoms with van der Waals surface area (Å²) in [7, 11) is 1.30. The first kappa shape index (κ1) is 15.8. The molecule has 0 aromatic rings. The van der Waals surface area contributed by atoms with Gasteiger partial charge in [-0.3, -0.25) is 9.59 Å². The van der Waals surface area contributed by atoms with Gasteiger partial charge < -0.3 is 29.2 Å². The van der Waals surface area contributed by atoms with Gasteiger partial charge in [-0.05, 0) is 0 Å². The van der Waals surface area contributed by atoms with Crippen molar-refractivity contribution < 1.29 is 38.7 Å². The lowest BCUT2D eigenvalue weighted by molar-refractivity contribution is -0.299. The monoisotopic (exact) mass is 278 g/mol. The molecule has 5 atom stereocenters. The van der Waals surface area contributed by atoms with Gasteiger partial charge in [-0.15, -0.1) is 0 Å². The van der Waals surface area contributed by atoms with Gasteiger partial charge in [0.25, 0.3) is 0 Å². The van der Waals surface area contributed by atoms with Crippen LogP contribution < -0.4 is 0 Å². The summed E-state index contributed by atoms with van der Waals surface area (Å²) in [6, 6.07) is 0. The van der Waals surface area contributed by atoms with Crippen molar-refractivity contribution in [2.45, 2.75) is 44.6 Å². The number of hydrogen-bond donors (Lipinski definition) is 2. The summed E-state index contributed by atoms with van der Waals surface area (Å²) >= 11 is 0. The van der Waals surface area contributed by atoms with Crippen LogP contribution in [0.4, 0.5) is 0 Å². The second-order valence-electron chi connectivity index (χ2n) is 4.10. The standard InChI is InChI=1S/C11H18O8/c1-5(13)17-9-8(15)7(4-12)19-11(16-3)10(9)18-6(2)14/h7-12,15H,4H2,1-3H3. The summed E-state index contributed by atoms with van der Waals surface area (Å²) in [4.78, 5) is 22.1. The Morgan fingerprint density at radius 1 is 1.16 bits per heavy atom. The molecule has 0 aliphatic carbocycles. The van der Waals surface area contributed by atoms with Crippen molar-refractivity contribution in [3.05, 3.63) is 0 Å². The molecule has 0 aromatic heterocycles. The SMILES string of the molecule is COC1OC(CO)C(O)C(OC(C)=O)C1OC(C)=O. The van der Waals surface area contributed by atoms with Gasteiger partial charge in [0.05, 0.1) is 6.61 Å². The van der Waals surface area contributed by atoms with Crippen LogP contribution in [0.3, 0.4) is 0 Å². The zero-order chi connectivity index (χ0) is 14.6. The van der Waals surface area contributed by atoms with Gasteiger partial charge in [-0.1, -0.05) is 0 Å². The predicted molar refractivity (Wildman–Crippen MR) is 59.9 cm³/mol. The summed E-state index contributed by atoms with van der Waals surface area (Å²) in [5.74, 6) is -1.29. The molecule has 0 spiro atoms. The summed E-state index contributed by atoms with van der Waals surface area (Å²) in [6.45, 7) is 1.83. The van der Waals surface area contributed by atoms with E-state index in [1.807, 2.05) is 0 Å². The van der Waals surface area contributed by atoms with Crippen molar-refractivity contribution in [3.63, 3.8) is 0 Å². The number of carbonyl (C=O) groups excluding carboxylic acids is 2. The Morgan fingerprint density at radius 2 is 1.68 bits per heavy atom. The van der Waals surface area contributed by atoms with Crippen LogP contribution in [0, 0.1) is 0 Å². The molecule has 8 nitrogen and oxygen atoms in total. The molecule has 0 radical (unpaired) electrons. The summed E-state index contributed by atoms with van der Waals surface area (Å²) < 4.78 is 20.1. The largest absolute Gasteiger partial charge is 0.455 e. The van der Waals surface area contributed by atoms with Gasteiger partial charge in [0.15, 0.2) is 18.5 Å². The molecule has 0 amide bonds. The lowest BCUT2D eigenvalue weighted by atomic mass is 9.98. The number of aliphatic hydroxyl groups is 2. The van der Waals surface area contributed by atoms with E-state index < -0.39 is 49.3 Å². The van der Waals surface area contributed by atoms with Crippen LogP contribution in [-0.2, 0) is 28.5 Å². The quantitative estimate of drug-likeness (QED) is 0.602. The van der Waals surface area contributed by atoms with Crippen molar-refractivity contribution in [2.24, 2.45) is 0 Å². The summed E-state index contributed by atoms with van der Waals surface area (Å²) in [5, 5.41) is 19.1. The second-order valence-corrected chi connectivity index (χ2v) is 4.10. The number of ether oxygens (including phenoxy) is 4. The Bertz CT molecular complexity index is 331. The van der Waals surface area contributed by atoms with E-state index in [1.54, 1.807) is 0 Å². The lowest BCUT2D eigenvalue weighted by Crippen LogP contribution is -2.61. The predicted octanol–water partition coefficient (Wildman–Crippen LogP) is -1.43. The van der Waals surface area contributed by atoms with E-state index in [4.69, 9.17) is 24.1 Å². The highest BCUT2D eigenvalue weighted by Gasteiger charge is 2.49. The smallest absolute Gasteiger partial charge is 0.303 e. The van der Waals surface area contributed by atoms with Gasteiger partial charge in [0, 0.05) is 21.0 Å². The molecule has 1 fully saturated rings. The van der Waals surface area contributed by atoms with E-state index in [-0.39, 0.29) is 0 Å². The highest BCUT2D eigenvalue weighted by atomic mass is 16.7. The maximum atomic E-state index is 11.1. The van der Waals surface area contributed by atoms with Crippen molar-refractivity contribution >= 4 is 11.9 Å². The molecule has 8 heteroatoms. The lowest BCUT2D eigenvalue weighted by Gasteiger charge is -2.42. The van der Waals surface area contributed by atoms with Crippen LogP contribution in [0.5, 0.6) is 0 Å². The van der Waals surface area contributed by atoms with Gasteiger partial charge in [-0.25, -0.2) is 0 Å². The van der Waals surface area contributed by atoms with E-state index in [0.717, 1.165) is 6.92 Å². The fourth-order valence-corrected chi connectivity index (χ4v) is 1.87. The molecule has 110 valence electrons. The minimum atomic E-state index is -1.33. The van der Waals surface area contributed by atoms with Crippen LogP contribution in [0.2, 0.25) is 0 Å². The maximum Gasteiger partial charge on any atom is 0.303 e. The molecule has 1 saturated heterocycles. The molecule has 1 aliphatic heterocycles. The average molecular weight is 278 g/mol. The number of methoxy groups -OCH3 is 1. The van der Waals surface area contributed by atoms with Crippen LogP contribution in [-0.4, -0.2) is 66.6 Å². The number of rotatable bonds is 4. The van der Waals surface area contributed by atoms with Gasteiger partial charge in [-0.2, -0.15) is 0 Å². The molecule has 0 saturated carbocycles. The Kier molecular flexibility index (Phi) is 5.67. The van der Waals surface area contributed by atoms with Crippen molar-refractivity contribution in [3.8, 4) is 0 Å². The first-order chi connectivity index (χ1) is 8.90. The Hall–Kier alpha value is -1.22. The minimum absolute atomic E-state index is 0.494. The highest BCUT2D eigenvalue weighted by molar-refractivity contribution is 5.67. The van der Waals surface area contributed by atoms with Crippen molar-refractivity contribution in [1.29, 1.82) is 0 Å². The molecule has 1 aliphatic rings. The van der Waals surface area contributed by atoms with E-state index in [9.17, 15) is 14.7 Å². The normalized spacial score (nSPS) is 34.7. The number of aliphatic hydroxyl groups excluding tert-OH is 2. The van der Waals surface area contributed by atoms with Gasteiger partial charge in [0.2, 0.25) is 0 Å². The third-order valence-electron chi connectivity index (χ3n) is 2.63. The molecule has 19 heavy (non-hydrogen) atoms. The summed E-state index contributed by atoms with van der Waals surface area (Å²) in [5.41, 5.74) is 0. The zero-order valence-electron chi connectivity index (χ0n) is 10.9. The van der Waals surface area contributed by atoms with Gasteiger partial charge in [0.1, 0.15) is 12.2 Å². The maximum absolute atomic E-state index is 11.1. The first-order valence-corrected chi connectivity index (χ1v) is 5.72. The van der Waals surface area contributed by atoms with E-state index >= 15 is 0 Å². The molecule has 0 aromatic carbocycles. The van der Waals surface area contributed by atoms with Crippen LogP contribution >= 0.6 is 0 Å². The van der Waals surface area contributed by atoms with Crippen LogP contribution in [0.1, 0.15) is 13.8 Å². The van der Waals surface area contributed by atoms with Crippen molar-refractivity contribution in [1.82, 2.24) is 0 Å². The van der Waals surface area contributed by atoms with Crippen molar-refractivity contribution in [2.75, 3.05) is 13.7 Å². The Morgan fingerprint density at radius 3 is 2.11 bits per heavy atom. The molecule has 2 N–H and O–H groups in total. The minimum Gasteiger partial charge on any atom is -0.455 e. The Balaban J connectivity index is 2.96. The topological polar surface area (TPSA) is 112 Å². The molecule has 1 heterocycles. The zero-order valence-corrected chi connectivity index (χ0v) is 10.9. The van der Waals surface area contributed by atoms with Gasteiger partial charge >= 0.3 is 11.9 Å². The molecule has 1 rings (SSSR count). The molecule has 5 unspecified atom stereocenters. The number of carbonyl (C=O) groups is 2. The number of hydrogen-bond acceptors (Lipinski definition) is 8. The van der Waals surface area contributed by atoms with E-state index in [2.05, 4.69) is 0 Å². The third-order valence-corrected chi connectivity index (χ3v) is 2.63. The Labute approximate surface area is 110 Å². The van der Waals surface area contributed by atoms with Crippen LogP contribution in [0.15, 0.2) is 0 Å². The summed E-state index contributed by atoms with van der Waals surface area (Å²) in [6.07, 6.45) is -5.65. The highest BCUT2D eigenvalue weighted by Crippen LogP contribution is 2.26. The molecule has 0 bridgehead atoms. The number of esters is 2. The fraction of sp³-hybridized carbons (Fsp3) is 0.818. The van der Waals surface area contributed by atoms with Crippen LogP contribution in [0.25, 0.3) is 0 Å². The molecular formula is C11H18O8.